The van der Waals surface area contributed by atoms with Gasteiger partial charge in [-0.15, -0.1) is 0 Å². The summed E-state index contributed by atoms with van der Waals surface area (Å²) in [6, 6.07) is 6.18. The van der Waals surface area contributed by atoms with Gasteiger partial charge in [-0.25, -0.2) is 17.2 Å². The van der Waals surface area contributed by atoms with Crippen molar-refractivity contribution in [1.82, 2.24) is 9.46 Å². The fraction of sp³-hybridized carbons (Fsp3) is 0.308. The third kappa shape index (κ3) is 6.07. The van der Waals surface area contributed by atoms with E-state index in [0.717, 1.165) is 12.1 Å². The van der Waals surface area contributed by atoms with Crippen LogP contribution in [0.25, 0.3) is 12.2 Å². The van der Waals surface area contributed by atoms with Crippen molar-refractivity contribution < 1.29 is 36.0 Å². The number of sulfonamides is 1. The fourth-order valence-electron chi connectivity index (χ4n) is 4.27. The number of nitrogens with one attached hydrogen (secondary N) is 1. The third-order valence-corrected chi connectivity index (χ3v) is 8.72. The van der Waals surface area contributed by atoms with E-state index >= 15 is 0 Å². The lowest BCUT2D eigenvalue weighted by Gasteiger charge is -2.30. The van der Waals surface area contributed by atoms with E-state index in [1.807, 2.05) is 0 Å². The predicted molar refractivity (Wildman–Crippen MR) is 141 cm³/mol. The highest BCUT2D eigenvalue weighted by Gasteiger charge is 2.36. The lowest BCUT2D eigenvalue weighted by atomic mass is 9.97. The maximum absolute atomic E-state index is 14.0. The molecule has 2 aromatic carbocycles. The highest BCUT2D eigenvalue weighted by molar-refractivity contribution is 7.89. The normalized spacial score (nSPS) is 15.0. The van der Waals surface area contributed by atoms with Crippen molar-refractivity contribution in [2.45, 2.75) is 24.7 Å². The van der Waals surface area contributed by atoms with Gasteiger partial charge in [-0.2, -0.15) is 4.31 Å². The molecule has 2 heterocycles. The van der Waals surface area contributed by atoms with E-state index in [0.29, 0.717) is 17.2 Å². The highest BCUT2D eigenvalue weighted by Crippen LogP contribution is 2.38. The maximum atomic E-state index is 14.0. The van der Waals surface area contributed by atoms with Gasteiger partial charge < -0.3 is 19.3 Å². The Balaban J connectivity index is 1.47. The molecule has 1 amide bonds. The van der Waals surface area contributed by atoms with Gasteiger partial charge in [0.25, 0.3) is 0 Å². The molecule has 0 radical (unpaired) electrons. The van der Waals surface area contributed by atoms with Gasteiger partial charge in [0.2, 0.25) is 15.9 Å². The summed E-state index contributed by atoms with van der Waals surface area (Å²) in [4.78, 5) is 12.8. The van der Waals surface area contributed by atoms with Crippen molar-refractivity contribution in [1.29, 1.82) is 0 Å². The zero-order valence-corrected chi connectivity index (χ0v) is 22.9. The molecule has 4 rings (SSSR count). The van der Waals surface area contributed by atoms with Gasteiger partial charge in [-0.1, -0.05) is 16.8 Å². The summed E-state index contributed by atoms with van der Waals surface area (Å²) in [5.74, 6) is -1.61. The molecular formula is C26H26ClF2N3O6S. The largest absolute Gasteiger partial charge is 0.497 e. The summed E-state index contributed by atoms with van der Waals surface area (Å²) < 4.78 is 71.1. The topological polar surface area (TPSA) is 111 Å². The number of hydrogen-bond acceptors (Lipinski definition) is 7. The predicted octanol–water partition coefficient (Wildman–Crippen LogP) is 5.14. The van der Waals surface area contributed by atoms with Crippen LogP contribution in [0, 0.1) is 24.5 Å². The Hall–Kier alpha value is -3.48. The summed E-state index contributed by atoms with van der Waals surface area (Å²) in [6.45, 7) is 1.64. The van der Waals surface area contributed by atoms with Crippen LogP contribution in [0.5, 0.6) is 11.5 Å². The van der Waals surface area contributed by atoms with Crippen LogP contribution in [0.3, 0.4) is 0 Å². The molecule has 1 aromatic heterocycles. The highest BCUT2D eigenvalue weighted by atomic mass is 35.5. The van der Waals surface area contributed by atoms with E-state index in [2.05, 4.69) is 10.5 Å². The number of benzene rings is 2. The average Bonchev–Trinajstić information content (AvgIpc) is 3.30. The number of methoxy groups -OCH3 is 2. The Labute approximate surface area is 229 Å². The second-order valence-corrected chi connectivity index (χ2v) is 11.1. The molecule has 1 fully saturated rings. The fourth-order valence-corrected chi connectivity index (χ4v) is 6.24. The molecule has 9 nitrogen and oxygen atoms in total. The van der Waals surface area contributed by atoms with Crippen LogP contribution in [-0.4, -0.2) is 51.1 Å². The smallest absolute Gasteiger partial charge is 0.248 e. The minimum absolute atomic E-state index is 0.0502. The first kappa shape index (κ1) is 28.5. The van der Waals surface area contributed by atoms with Crippen molar-refractivity contribution in [2.24, 2.45) is 5.92 Å². The molecule has 39 heavy (non-hydrogen) atoms. The number of hydrogen-bond donors (Lipinski definition) is 1. The third-order valence-electron chi connectivity index (χ3n) is 6.36. The lowest BCUT2D eigenvalue weighted by molar-refractivity contribution is -0.120. The standard InChI is InChI=1S/C26H26ClF2N3O6S/c1-15-25(22(38-31-15)7-5-16-4-6-18(28)12-21(16)29)39(34,35)32-10-8-17(9-11-32)26(33)30-24-20(27)13-19(36-2)14-23(24)37-3/h4-7,12-14,17H,8-11H2,1-3H3,(H,30,33). The van der Waals surface area contributed by atoms with Gasteiger partial charge in [0.05, 0.1) is 19.2 Å². The average molecular weight is 582 g/mol. The molecule has 0 atom stereocenters. The van der Waals surface area contributed by atoms with E-state index in [1.165, 1.54) is 43.7 Å². The molecule has 1 saturated heterocycles. The zero-order chi connectivity index (χ0) is 28.3. The van der Waals surface area contributed by atoms with Crippen molar-refractivity contribution in [3.8, 4) is 11.5 Å². The molecule has 0 unspecified atom stereocenters. The number of aryl methyl sites for hydroxylation is 1. The summed E-state index contributed by atoms with van der Waals surface area (Å²) in [7, 11) is -1.13. The minimum atomic E-state index is -4.05. The van der Waals surface area contributed by atoms with Crippen LogP contribution < -0.4 is 14.8 Å². The van der Waals surface area contributed by atoms with Crippen LogP contribution >= 0.6 is 11.6 Å². The van der Waals surface area contributed by atoms with Crippen LogP contribution in [0.2, 0.25) is 5.02 Å². The summed E-state index contributed by atoms with van der Waals surface area (Å²) in [6.07, 6.45) is 3.08. The number of aromatic nitrogens is 1. The van der Waals surface area contributed by atoms with E-state index in [-0.39, 0.29) is 58.8 Å². The Kier molecular flexibility index (Phi) is 8.57. The van der Waals surface area contributed by atoms with Gasteiger partial charge in [0.15, 0.2) is 10.7 Å². The first-order valence-corrected chi connectivity index (χ1v) is 13.7. The molecule has 1 aliphatic rings. The second-order valence-electron chi connectivity index (χ2n) is 8.81. The first-order valence-electron chi connectivity index (χ1n) is 11.9. The molecule has 13 heteroatoms. The van der Waals surface area contributed by atoms with Crippen LogP contribution in [0.15, 0.2) is 39.8 Å². The zero-order valence-electron chi connectivity index (χ0n) is 21.3. The lowest BCUT2D eigenvalue weighted by Crippen LogP contribution is -2.41. The Morgan fingerprint density at radius 1 is 1.15 bits per heavy atom. The number of ether oxygens (including phenoxy) is 2. The number of piperidine rings is 1. The maximum Gasteiger partial charge on any atom is 0.248 e. The molecule has 0 spiro atoms. The quantitative estimate of drug-likeness (QED) is 0.392. The number of anilines is 1. The SMILES string of the molecule is COc1cc(Cl)c(NC(=O)C2CCN(S(=O)(=O)c3c(C)noc3C=Cc3ccc(F)cc3F)CC2)c(OC)c1. The van der Waals surface area contributed by atoms with Gasteiger partial charge >= 0.3 is 0 Å². The first-order chi connectivity index (χ1) is 18.5. The molecule has 3 aromatic rings. The number of halogens is 3. The van der Waals surface area contributed by atoms with Gasteiger partial charge in [0, 0.05) is 42.8 Å². The van der Waals surface area contributed by atoms with Crippen molar-refractivity contribution in [3.05, 3.63) is 64.0 Å². The molecule has 0 aliphatic carbocycles. The van der Waals surface area contributed by atoms with Gasteiger partial charge in [-0.3, -0.25) is 4.79 Å². The molecule has 1 N–H and O–H groups in total. The van der Waals surface area contributed by atoms with Crippen LogP contribution in [-0.2, 0) is 14.8 Å². The van der Waals surface area contributed by atoms with E-state index in [9.17, 15) is 22.0 Å². The summed E-state index contributed by atoms with van der Waals surface area (Å²) >= 11 is 6.31. The van der Waals surface area contributed by atoms with Crippen molar-refractivity contribution in [2.75, 3.05) is 32.6 Å². The number of carbonyl (C=O) groups excluding carboxylic acids is 1. The molecule has 208 valence electrons. The Morgan fingerprint density at radius 2 is 1.87 bits per heavy atom. The van der Waals surface area contributed by atoms with Crippen LogP contribution in [0.4, 0.5) is 14.5 Å². The molecule has 0 bridgehead atoms. The van der Waals surface area contributed by atoms with E-state index in [4.69, 9.17) is 25.6 Å². The van der Waals surface area contributed by atoms with E-state index < -0.39 is 27.6 Å². The number of carbonyl (C=O) groups is 1. The molecule has 1 aliphatic heterocycles. The van der Waals surface area contributed by atoms with Gasteiger partial charge in [0.1, 0.15) is 34.5 Å². The number of rotatable bonds is 8. The minimum Gasteiger partial charge on any atom is -0.497 e. The van der Waals surface area contributed by atoms with E-state index in [1.54, 1.807) is 12.1 Å². The van der Waals surface area contributed by atoms with Gasteiger partial charge in [-0.05, 0) is 44.1 Å². The van der Waals surface area contributed by atoms with Crippen molar-refractivity contribution in [3.63, 3.8) is 0 Å². The molecule has 0 saturated carbocycles. The monoisotopic (exact) mass is 581 g/mol. The second kappa shape index (κ2) is 11.7. The molecular weight excluding hydrogens is 556 g/mol. The Morgan fingerprint density at radius 3 is 2.51 bits per heavy atom. The summed E-state index contributed by atoms with van der Waals surface area (Å²) in [5, 5.41) is 6.79. The summed E-state index contributed by atoms with van der Waals surface area (Å²) in [5.41, 5.74) is 0.485. The Bertz CT molecular complexity index is 1520. The number of amides is 1. The van der Waals surface area contributed by atoms with Crippen LogP contribution in [0.1, 0.15) is 29.9 Å². The number of nitrogens with zero attached hydrogens (tertiary/aromatic N) is 2. The van der Waals surface area contributed by atoms with Crippen molar-refractivity contribution >= 4 is 45.4 Å².